The fourth-order valence-electron chi connectivity index (χ4n) is 1.37. The summed E-state index contributed by atoms with van der Waals surface area (Å²) in [5.74, 6) is -1.00. The molecule has 0 aliphatic carbocycles. The Morgan fingerprint density at radius 1 is 1.47 bits per heavy atom. The lowest BCUT2D eigenvalue weighted by molar-refractivity contribution is -0.129. The number of esters is 1. The molecule has 1 atom stereocenters. The van der Waals surface area contributed by atoms with Crippen molar-refractivity contribution in [1.82, 2.24) is 5.32 Å². The van der Waals surface area contributed by atoms with Crippen LogP contribution >= 0.6 is 11.6 Å². The van der Waals surface area contributed by atoms with Gasteiger partial charge in [0.05, 0.1) is 5.56 Å². The Kier molecular flexibility index (Phi) is 5.63. The molecule has 3 N–H and O–H groups in total. The molecule has 1 aromatic rings. The highest BCUT2D eigenvalue weighted by Crippen LogP contribution is 2.19. The van der Waals surface area contributed by atoms with Gasteiger partial charge in [0.2, 0.25) is 0 Å². The van der Waals surface area contributed by atoms with Crippen LogP contribution < -0.4 is 11.1 Å². The molecule has 5 nitrogen and oxygen atoms in total. The van der Waals surface area contributed by atoms with E-state index in [0.717, 1.165) is 6.42 Å². The predicted molar refractivity (Wildman–Crippen MR) is 74.0 cm³/mol. The van der Waals surface area contributed by atoms with Crippen LogP contribution in [0.2, 0.25) is 5.02 Å². The standard InChI is InChI=1S/C13H17ClN2O3/c1-3-6-16-12(17)8(2)19-13(18)10-7-9(14)4-5-11(10)15/h4-5,7-8H,3,6,15H2,1-2H3,(H,16,17). The van der Waals surface area contributed by atoms with Gasteiger partial charge >= 0.3 is 5.97 Å². The number of halogens is 1. The number of carbonyl (C=O) groups excluding carboxylic acids is 2. The molecule has 1 rings (SSSR count). The Bertz CT molecular complexity index is 477. The average molecular weight is 285 g/mol. The van der Waals surface area contributed by atoms with Crippen LogP contribution in [0.4, 0.5) is 5.69 Å². The number of nitrogen functional groups attached to an aromatic ring is 1. The van der Waals surface area contributed by atoms with Crippen molar-refractivity contribution in [3.8, 4) is 0 Å². The van der Waals surface area contributed by atoms with Crippen molar-refractivity contribution in [2.45, 2.75) is 26.4 Å². The monoisotopic (exact) mass is 284 g/mol. The number of anilines is 1. The smallest absolute Gasteiger partial charge is 0.341 e. The molecule has 6 heteroatoms. The van der Waals surface area contributed by atoms with Crippen molar-refractivity contribution in [2.24, 2.45) is 0 Å². The van der Waals surface area contributed by atoms with Gasteiger partial charge in [0, 0.05) is 17.3 Å². The second kappa shape index (κ2) is 6.99. The summed E-state index contributed by atoms with van der Waals surface area (Å²) in [6.07, 6.45) is -0.0642. The molecule has 0 bridgehead atoms. The van der Waals surface area contributed by atoms with Gasteiger partial charge in [-0.2, -0.15) is 0 Å². The molecule has 0 aromatic heterocycles. The van der Waals surface area contributed by atoms with Crippen molar-refractivity contribution in [3.63, 3.8) is 0 Å². The molecule has 0 aliphatic heterocycles. The molecule has 0 heterocycles. The molecular weight excluding hydrogens is 268 g/mol. The Morgan fingerprint density at radius 3 is 2.79 bits per heavy atom. The van der Waals surface area contributed by atoms with Crippen molar-refractivity contribution in [3.05, 3.63) is 28.8 Å². The van der Waals surface area contributed by atoms with Gasteiger partial charge in [-0.15, -0.1) is 0 Å². The molecule has 0 aliphatic rings. The maximum atomic E-state index is 11.9. The van der Waals surface area contributed by atoms with Crippen LogP contribution in [-0.4, -0.2) is 24.5 Å². The molecular formula is C13H17ClN2O3. The molecule has 0 saturated carbocycles. The highest BCUT2D eigenvalue weighted by atomic mass is 35.5. The maximum Gasteiger partial charge on any atom is 0.341 e. The van der Waals surface area contributed by atoms with Crippen molar-refractivity contribution in [2.75, 3.05) is 12.3 Å². The third kappa shape index (κ3) is 4.44. The predicted octanol–water partition coefficient (Wildman–Crippen LogP) is 1.99. The zero-order valence-electron chi connectivity index (χ0n) is 10.9. The van der Waals surface area contributed by atoms with E-state index < -0.39 is 12.1 Å². The fraction of sp³-hybridized carbons (Fsp3) is 0.385. The van der Waals surface area contributed by atoms with E-state index in [0.29, 0.717) is 11.6 Å². The zero-order chi connectivity index (χ0) is 14.4. The van der Waals surface area contributed by atoms with Gasteiger partial charge in [-0.05, 0) is 31.5 Å². The summed E-state index contributed by atoms with van der Waals surface area (Å²) in [4.78, 5) is 23.4. The summed E-state index contributed by atoms with van der Waals surface area (Å²) >= 11 is 5.79. The van der Waals surface area contributed by atoms with Crippen LogP contribution in [0.25, 0.3) is 0 Å². The first-order valence-corrected chi connectivity index (χ1v) is 6.37. The molecule has 0 radical (unpaired) electrons. The Balaban J connectivity index is 2.68. The van der Waals surface area contributed by atoms with E-state index in [2.05, 4.69) is 5.32 Å². The minimum atomic E-state index is -0.877. The lowest BCUT2D eigenvalue weighted by atomic mass is 10.2. The first-order valence-electron chi connectivity index (χ1n) is 5.99. The van der Waals surface area contributed by atoms with E-state index in [4.69, 9.17) is 22.1 Å². The van der Waals surface area contributed by atoms with Crippen molar-refractivity contribution < 1.29 is 14.3 Å². The molecule has 19 heavy (non-hydrogen) atoms. The number of ether oxygens (including phenoxy) is 1. The zero-order valence-corrected chi connectivity index (χ0v) is 11.7. The SMILES string of the molecule is CCCNC(=O)C(C)OC(=O)c1cc(Cl)ccc1N. The second-order valence-corrected chi connectivity index (χ2v) is 4.51. The van der Waals surface area contributed by atoms with E-state index in [1.807, 2.05) is 6.92 Å². The van der Waals surface area contributed by atoms with Crippen LogP contribution in [0.1, 0.15) is 30.6 Å². The maximum absolute atomic E-state index is 11.9. The minimum absolute atomic E-state index is 0.155. The van der Waals surface area contributed by atoms with Gasteiger partial charge in [0.15, 0.2) is 6.10 Å². The number of nitrogens with one attached hydrogen (secondary N) is 1. The number of rotatable bonds is 5. The first-order chi connectivity index (χ1) is 8.95. The second-order valence-electron chi connectivity index (χ2n) is 4.07. The van der Waals surface area contributed by atoms with Gasteiger partial charge in [0.1, 0.15) is 0 Å². The van der Waals surface area contributed by atoms with E-state index >= 15 is 0 Å². The van der Waals surface area contributed by atoms with Crippen LogP contribution in [0.3, 0.4) is 0 Å². The Labute approximate surface area is 117 Å². The quantitative estimate of drug-likeness (QED) is 0.640. The lowest BCUT2D eigenvalue weighted by Gasteiger charge is -2.14. The number of nitrogens with two attached hydrogens (primary N) is 1. The van der Waals surface area contributed by atoms with E-state index in [9.17, 15) is 9.59 Å². The van der Waals surface area contributed by atoms with Crippen molar-refractivity contribution >= 4 is 29.2 Å². The first kappa shape index (κ1) is 15.3. The summed E-state index contributed by atoms with van der Waals surface area (Å²) in [7, 11) is 0. The number of benzene rings is 1. The summed E-state index contributed by atoms with van der Waals surface area (Å²) in [5.41, 5.74) is 6.08. The van der Waals surface area contributed by atoms with Crippen LogP contribution in [0, 0.1) is 0 Å². The largest absolute Gasteiger partial charge is 0.449 e. The summed E-state index contributed by atoms with van der Waals surface area (Å²) in [6.45, 7) is 3.98. The molecule has 1 aromatic carbocycles. The van der Waals surface area contributed by atoms with Gasteiger partial charge in [0.25, 0.3) is 5.91 Å². The number of hydrogen-bond acceptors (Lipinski definition) is 4. The van der Waals surface area contributed by atoms with Gasteiger partial charge < -0.3 is 15.8 Å². The minimum Gasteiger partial charge on any atom is -0.449 e. The van der Waals surface area contributed by atoms with E-state index in [-0.39, 0.29) is 17.2 Å². The fourth-order valence-corrected chi connectivity index (χ4v) is 1.55. The van der Waals surface area contributed by atoms with Gasteiger partial charge in [-0.25, -0.2) is 4.79 Å². The van der Waals surface area contributed by atoms with Crippen LogP contribution in [0.15, 0.2) is 18.2 Å². The van der Waals surface area contributed by atoms with Crippen molar-refractivity contribution in [1.29, 1.82) is 0 Å². The summed E-state index contributed by atoms with van der Waals surface area (Å²) < 4.78 is 5.04. The summed E-state index contributed by atoms with van der Waals surface area (Å²) in [6, 6.07) is 4.50. The Morgan fingerprint density at radius 2 is 2.16 bits per heavy atom. The van der Waals surface area contributed by atoms with Crippen LogP contribution in [0.5, 0.6) is 0 Å². The third-order valence-electron chi connectivity index (χ3n) is 2.44. The third-order valence-corrected chi connectivity index (χ3v) is 2.67. The highest BCUT2D eigenvalue weighted by molar-refractivity contribution is 6.31. The van der Waals surface area contributed by atoms with E-state index in [1.165, 1.54) is 19.1 Å². The molecule has 0 saturated heterocycles. The Hall–Kier alpha value is -1.75. The lowest BCUT2D eigenvalue weighted by Crippen LogP contribution is -2.36. The van der Waals surface area contributed by atoms with Gasteiger partial charge in [-0.3, -0.25) is 4.79 Å². The topological polar surface area (TPSA) is 81.4 Å². The number of hydrogen-bond donors (Lipinski definition) is 2. The van der Waals surface area contributed by atoms with Gasteiger partial charge in [-0.1, -0.05) is 18.5 Å². The molecule has 104 valence electrons. The normalized spacial score (nSPS) is 11.7. The molecule has 0 spiro atoms. The van der Waals surface area contributed by atoms with Crippen LogP contribution in [-0.2, 0) is 9.53 Å². The molecule has 1 unspecified atom stereocenters. The molecule has 0 fully saturated rings. The average Bonchev–Trinajstić information content (AvgIpc) is 2.38. The number of carbonyl (C=O) groups is 2. The molecule has 1 amide bonds. The van der Waals surface area contributed by atoms with E-state index in [1.54, 1.807) is 6.07 Å². The highest BCUT2D eigenvalue weighted by Gasteiger charge is 2.20. The summed E-state index contributed by atoms with van der Waals surface area (Å²) in [5, 5.41) is 3.02. The number of amides is 1.